The minimum absolute atomic E-state index is 0.0344. The Morgan fingerprint density at radius 3 is 2.08 bits per heavy atom. The molecule has 12 nitrogen and oxygen atoms in total. The van der Waals surface area contributed by atoms with Crippen molar-refractivity contribution in [1.29, 1.82) is 0 Å². The highest BCUT2D eigenvalue weighted by Crippen LogP contribution is 2.19. The molecule has 3 amide bonds. The van der Waals surface area contributed by atoms with Crippen LogP contribution in [0.5, 0.6) is 0 Å². The quantitative estimate of drug-likeness (QED) is 0.159. The van der Waals surface area contributed by atoms with Gasteiger partial charge in [0, 0.05) is 19.5 Å². The lowest BCUT2D eigenvalue weighted by atomic mass is 9.97. The van der Waals surface area contributed by atoms with Crippen LogP contribution in [0, 0.1) is 5.41 Å². The molecule has 1 saturated heterocycles. The third-order valence-corrected chi connectivity index (χ3v) is 8.31. The smallest absolute Gasteiger partial charge is 0.326 e. The zero-order valence-corrected chi connectivity index (χ0v) is 29.2. The Hall–Kier alpha value is -4.29. The molecule has 0 aromatic heterocycles. The van der Waals surface area contributed by atoms with Gasteiger partial charge in [-0.3, -0.25) is 29.0 Å². The molecule has 0 spiro atoms. The third-order valence-electron chi connectivity index (χ3n) is 8.31. The lowest BCUT2D eigenvalue weighted by Crippen LogP contribution is -2.59. The number of morpholine rings is 1. The number of carbonyl (C=O) groups is 5. The standard InChI is InChI=1S/C37H52N4O8/c1-5-6-17-31(33(43)39-30(35(45)46)24-28-15-11-8-12-16-28)41(26-49-36(47)37(2,3)4)34(44)29(19-18-27-13-9-7-10-14-27)38-32(42)25-40-20-22-48-23-21-40/h7-16,29-31H,5-6,17-26H2,1-4H3,(H,38,42)(H,39,43)(H,45,46)/t29-,30-,31-/m0/s1. The predicted octanol–water partition coefficient (Wildman–Crippen LogP) is 3.18. The number of nitrogens with one attached hydrogen (secondary N) is 2. The van der Waals surface area contributed by atoms with Crippen LogP contribution in [-0.4, -0.2) is 102 Å². The minimum atomic E-state index is -1.27. The van der Waals surface area contributed by atoms with Crippen molar-refractivity contribution in [2.75, 3.05) is 39.6 Å². The number of rotatable bonds is 18. The van der Waals surface area contributed by atoms with Gasteiger partial charge < -0.3 is 25.2 Å². The second kappa shape index (κ2) is 19.6. The van der Waals surface area contributed by atoms with Crippen molar-refractivity contribution in [1.82, 2.24) is 20.4 Å². The van der Waals surface area contributed by atoms with E-state index in [2.05, 4.69) is 10.6 Å². The van der Waals surface area contributed by atoms with Gasteiger partial charge in [0.1, 0.15) is 18.1 Å². The van der Waals surface area contributed by atoms with Gasteiger partial charge in [-0.15, -0.1) is 0 Å². The number of esters is 1. The summed E-state index contributed by atoms with van der Waals surface area (Å²) in [5.74, 6) is -3.44. The third kappa shape index (κ3) is 13.3. The molecule has 1 fully saturated rings. The van der Waals surface area contributed by atoms with Crippen LogP contribution in [-0.2, 0) is 46.3 Å². The van der Waals surface area contributed by atoms with E-state index in [1.807, 2.05) is 48.2 Å². The van der Waals surface area contributed by atoms with Crippen molar-refractivity contribution in [3.05, 3.63) is 71.8 Å². The molecule has 1 aliphatic heterocycles. The molecule has 1 heterocycles. The first-order valence-corrected chi connectivity index (χ1v) is 17.1. The number of benzene rings is 2. The van der Waals surface area contributed by atoms with Gasteiger partial charge >= 0.3 is 11.9 Å². The highest BCUT2D eigenvalue weighted by Gasteiger charge is 2.37. The number of aryl methyl sites for hydroxylation is 1. The Bertz CT molecular complexity index is 1360. The molecule has 0 aliphatic carbocycles. The number of aliphatic carboxylic acids is 1. The van der Waals surface area contributed by atoms with Gasteiger partial charge in [0.25, 0.3) is 0 Å². The first-order chi connectivity index (χ1) is 23.4. The summed E-state index contributed by atoms with van der Waals surface area (Å²) in [5, 5.41) is 15.6. The fraction of sp³-hybridized carbons (Fsp3) is 0.541. The first-order valence-electron chi connectivity index (χ1n) is 17.1. The highest BCUT2D eigenvalue weighted by atomic mass is 16.5. The number of carbonyl (C=O) groups excluding carboxylic acids is 4. The summed E-state index contributed by atoms with van der Waals surface area (Å²) in [6.45, 7) is 8.67. The summed E-state index contributed by atoms with van der Waals surface area (Å²) >= 11 is 0. The fourth-order valence-corrected chi connectivity index (χ4v) is 5.41. The van der Waals surface area contributed by atoms with E-state index in [4.69, 9.17) is 9.47 Å². The molecule has 2 aromatic carbocycles. The van der Waals surface area contributed by atoms with Crippen molar-refractivity contribution in [3.8, 4) is 0 Å². The van der Waals surface area contributed by atoms with Crippen molar-refractivity contribution < 1.29 is 38.6 Å². The van der Waals surface area contributed by atoms with Crippen LogP contribution in [0.1, 0.15) is 64.5 Å². The van der Waals surface area contributed by atoms with Gasteiger partial charge in [-0.1, -0.05) is 80.4 Å². The van der Waals surface area contributed by atoms with Gasteiger partial charge in [0.2, 0.25) is 17.7 Å². The van der Waals surface area contributed by atoms with Crippen molar-refractivity contribution >= 4 is 29.7 Å². The average molecular weight is 681 g/mol. The predicted molar refractivity (Wildman–Crippen MR) is 184 cm³/mol. The van der Waals surface area contributed by atoms with Crippen LogP contribution in [0.3, 0.4) is 0 Å². The molecule has 2 aromatic rings. The van der Waals surface area contributed by atoms with Crippen molar-refractivity contribution in [3.63, 3.8) is 0 Å². The summed E-state index contributed by atoms with van der Waals surface area (Å²) in [5.41, 5.74) is 0.786. The molecule has 3 rings (SSSR count). The number of carboxylic acid groups (broad SMARTS) is 1. The summed E-state index contributed by atoms with van der Waals surface area (Å²) in [6.07, 6.45) is 2.11. The summed E-state index contributed by atoms with van der Waals surface area (Å²) in [4.78, 5) is 70.3. The molecule has 3 N–H and O–H groups in total. The molecular weight excluding hydrogens is 628 g/mol. The highest BCUT2D eigenvalue weighted by molar-refractivity contribution is 5.94. The average Bonchev–Trinajstić information content (AvgIpc) is 3.08. The topological polar surface area (TPSA) is 155 Å². The van der Waals surface area contributed by atoms with E-state index in [0.717, 1.165) is 11.1 Å². The minimum Gasteiger partial charge on any atom is -0.480 e. The van der Waals surface area contributed by atoms with E-state index in [9.17, 15) is 29.1 Å². The Labute approximate surface area is 289 Å². The zero-order valence-electron chi connectivity index (χ0n) is 29.2. The van der Waals surface area contributed by atoms with Crippen LogP contribution in [0.25, 0.3) is 0 Å². The van der Waals surface area contributed by atoms with E-state index in [0.29, 0.717) is 45.6 Å². The lowest BCUT2D eigenvalue weighted by molar-refractivity contribution is -0.166. The van der Waals surface area contributed by atoms with E-state index in [1.54, 1.807) is 45.0 Å². The maximum atomic E-state index is 14.6. The Morgan fingerprint density at radius 1 is 0.898 bits per heavy atom. The number of hydrogen-bond donors (Lipinski definition) is 3. The van der Waals surface area contributed by atoms with E-state index >= 15 is 0 Å². The maximum absolute atomic E-state index is 14.6. The maximum Gasteiger partial charge on any atom is 0.326 e. The zero-order chi connectivity index (χ0) is 35.8. The van der Waals surface area contributed by atoms with Crippen molar-refractivity contribution in [2.45, 2.75) is 84.3 Å². The van der Waals surface area contributed by atoms with Gasteiger partial charge in [0.15, 0.2) is 6.73 Å². The second-order valence-corrected chi connectivity index (χ2v) is 13.4. The molecule has 12 heteroatoms. The summed E-state index contributed by atoms with van der Waals surface area (Å²) in [7, 11) is 0. The van der Waals surface area contributed by atoms with Crippen LogP contribution < -0.4 is 10.6 Å². The molecule has 0 unspecified atom stereocenters. The second-order valence-electron chi connectivity index (χ2n) is 13.4. The van der Waals surface area contributed by atoms with Crippen LogP contribution >= 0.6 is 0 Å². The number of ether oxygens (including phenoxy) is 2. The molecule has 3 atom stereocenters. The van der Waals surface area contributed by atoms with Gasteiger partial charge in [0.05, 0.1) is 25.2 Å². The van der Waals surface area contributed by atoms with Crippen LogP contribution in [0.2, 0.25) is 0 Å². The van der Waals surface area contributed by atoms with Gasteiger partial charge in [-0.05, 0) is 51.2 Å². The number of carboxylic acids is 1. The van der Waals surface area contributed by atoms with E-state index in [1.165, 1.54) is 4.90 Å². The molecule has 268 valence electrons. The molecule has 0 radical (unpaired) electrons. The molecule has 1 aliphatic rings. The lowest BCUT2D eigenvalue weighted by Gasteiger charge is -2.35. The molecule has 49 heavy (non-hydrogen) atoms. The molecular formula is C37H52N4O8. The van der Waals surface area contributed by atoms with Gasteiger partial charge in [-0.2, -0.15) is 0 Å². The molecule has 0 saturated carbocycles. The molecule has 0 bridgehead atoms. The normalized spacial score (nSPS) is 15.3. The largest absolute Gasteiger partial charge is 0.480 e. The Kier molecular flexibility index (Phi) is 15.7. The van der Waals surface area contributed by atoms with E-state index < -0.39 is 54.0 Å². The van der Waals surface area contributed by atoms with Crippen LogP contribution in [0.4, 0.5) is 0 Å². The van der Waals surface area contributed by atoms with Crippen molar-refractivity contribution in [2.24, 2.45) is 5.41 Å². The summed E-state index contributed by atoms with van der Waals surface area (Å²) in [6, 6.07) is 15.0. The summed E-state index contributed by atoms with van der Waals surface area (Å²) < 4.78 is 11.0. The van der Waals surface area contributed by atoms with Gasteiger partial charge in [-0.25, -0.2) is 4.79 Å². The van der Waals surface area contributed by atoms with E-state index in [-0.39, 0.29) is 31.7 Å². The SMILES string of the molecule is CCCC[C@@H](C(=O)N[C@@H](Cc1ccccc1)C(=O)O)N(COC(=O)C(C)(C)C)C(=O)[C@H](CCc1ccccc1)NC(=O)CN1CCOCC1. The Morgan fingerprint density at radius 2 is 1.51 bits per heavy atom. The monoisotopic (exact) mass is 680 g/mol. The Balaban J connectivity index is 1.94. The number of unbranched alkanes of at least 4 members (excludes halogenated alkanes) is 1. The first kappa shape index (κ1) is 39.2. The fourth-order valence-electron chi connectivity index (χ4n) is 5.41. The number of nitrogens with zero attached hydrogens (tertiary/aromatic N) is 2. The number of hydrogen-bond acceptors (Lipinski definition) is 8. The number of amides is 3. The van der Waals surface area contributed by atoms with Crippen LogP contribution in [0.15, 0.2) is 60.7 Å².